The molecule has 1 fully saturated rings. The second-order valence-corrected chi connectivity index (χ2v) is 7.58. The van der Waals surface area contributed by atoms with E-state index in [-0.39, 0.29) is 23.6 Å². The van der Waals surface area contributed by atoms with E-state index in [1.807, 2.05) is 6.07 Å². The number of nitrogens with zero attached hydrogens (tertiary/aromatic N) is 1. The molecule has 2 aromatic rings. The van der Waals surface area contributed by atoms with E-state index in [1.165, 1.54) is 0 Å². The van der Waals surface area contributed by atoms with Crippen LogP contribution in [0.4, 0.5) is 5.69 Å². The Balaban J connectivity index is 1.42. The van der Waals surface area contributed by atoms with Gasteiger partial charge in [0.05, 0.1) is 5.92 Å². The van der Waals surface area contributed by atoms with Gasteiger partial charge in [-0.05, 0) is 54.8 Å². The highest BCUT2D eigenvalue weighted by molar-refractivity contribution is 6.30. The molecule has 2 aliphatic heterocycles. The van der Waals surface area contributed by atoms with Crippen LogP contribution in [0.3, 0.4) is 0 Å². The van der Waals surface area contributed by atoms with E-state index in [0.29, 0.717) is 41.5 Å². The molecule has 0 radical (unpaired) electrons. The van der Waals surface area contributed by atoms with Gasteiger partial charge in [0.2, 0.25) is 5.91 Å². The second-order valence-electron chi connectivity index (χ2n) is 7.14. The molecule has 1 atom stereocenters. The van der Waals surface area contributed by atoms with Crippen LogP contribution in [0.2, 0.25) is 5.02 Å². The van der Waals surface area contributed by atoms with Gasteiger partial charge in [0.25, 0.3) is 11.8 Å². The lowest BCUT2D eigenvalue weighted by Crippen LogP contribution is -2.43. The number of carbonyl (C=O) groups excluding carboxylic acids is 3. The van der Waals surface area contributed by atoms with Gasteiger partial charge in [-0.15, -0.1) is 0 Å². The lowest BCUT2D eigenvalue weighted by atomic mass is 9.96. The number of amides is 3. The van der Waals surface area contributed by atoms with Crippen molar-refractivity contribution in [3.05, 3.63) is 64.2 Å². The molecule has 0 unspecified atom stereocenters. The summed E-state index contributed by atoms with van der Waals surface area (Å²) in [6.07, 6.45) is 1.49. The number of hydrogen-bond acceptors (Lipinski definition) is 3. The molecule has 0 bridgehead atoms. The van der Waals surface area contributed by atoms with Crippen molar-refractivity contribution >= 4 is 35.0 Å². The zero-order valence-corrected chi connectivity index (χ0v) is 16.0. The van der Waals surface area contributed by atoms with Crippen LogP contribution < -0.4 is 10.6 Å². The van der Waals surface area contributed by atoms with Gasteiger partial charge < -0.3 is 15.5 Å². The highest BCUT2D eigenvalue weighted by atomic mass is 35.5. The van der Waals surface area contributed by atoms with Gasteiger partial charge in [-0.2, -0.15) is 0 Å². The molecule has 144 valence electrons. The van der Waals surface area contributed by atoms with Crippen LogP contribution in [0.1, 0.15) is 39.1 Å². The van der Waals surface area contributed by atoms with Gasteiger partial charge in [-0.3, -0.25) is 14.4 Å². The molecule has 4 rings (SSSR count). The lowest BCUT2D eigenvalue weighted by Gasteiger charge is -2.32. The quantitative estimate of drug-likeness (QED) is 0.835. The Bertz CT molecular complexity index is 942. The highest BCUT2D eigenvalue weighted by Gasteiger charge is 2.29. The maximum absolute atomic E-state index is 12.7. The van der Waals surface area contributed by atoms with Crippen LogP contribution in [0.5, 0.6) is 0 Å². The van der Waals surface area contributed by atoms with Crippen molar-refractivity contribution in [1.29, 1.82) is 0 Å². The average Bonchev–Trinajstić information content (AvgIpc) is 3.08. The molecule has 3 amide bonds. The van der Waals surface area contributed by atoms with Gasteiger partial charge in [-0.1, -0.05) is 17.7 Å². The molecular formula is C21H20ClN3O3. The number of hydrogen-bond donors (Lipinski definition) is 2. The third-order valence-corrected chi connectivity index (χ3v) is 5.48. The third kappa shape index (κ3) is 3.73. The number of piperidine rings is 1. The van der Waals surface area contributed by atoms with Crippen LogP contribution in [-0.2, 0) is 11.3 Å². The molecule has 7 heteroatoms. The number of nitrogens with one attached hydrogen (secondary N) is 2. The number of carbonyl (C=O) groups is 3. The molecular weight excluding hydrogens is 378 g/mol. The Kier molecular flexibility index (Phi) is 5.05. The highest BCUT2D eigenvalue weighted by Crippen LogP contribution is 2.23. The molecule has 2 N–H and O–H groups in total. The zero-order valence-electron chi connectivity index (χ0n) is 15.2. The lowest BCUT2D eigenvalue weighted by molar-refractivity contribution is -0.121. The normalized spacial score (nSPS) is 18.4. The number of benzene rings is 2. The van der Waals surface area contributed by atoms with E-state index in [4.69, 9.17) is 11.6 Å². The van der Waals surface area contributed by atoms with Crippen LogP contribution in [0.15, 0.2) is 42.5 Å². The summed E-state index contributed by atoms with van der Waals surface area (Å²) in [5.41, 5.74) is 2.69. The molecule has 1 saturated heterocycles. The molecule has 0 aromatic heterocycles. The van der Waals surface area contributed by atoms with E-state index in [1.54, 1.807) is 41.3 Å². The molecule has 28 heavy (non-hydrogen) atoms. The minimum Gasteiger partial charge on any atom is -0.348 e. The predicted molar refractivity (Wildman–Crippen MR) is 106 cm³/mol. The van der Waals surface area contributed by atoms with Gasteiger partial charge in [-0.25, -0.2) is 0 Å². The molecule has 0 spiro atoms. The first-order valence-electron chi connectivity index (χ1n) is 9.28. The van der Waals surface area contributed by atoms with Crippen molar-refractivity contribution in [2.45, 2.75) is 19.4 Å². The van der Waals surface area contributed by atoms with Crippen molar-refractivity contribution in [3.63, 3.8) is 0 Å². The maximum Gasteiger partial charge on any atom is 0.253 e. The Hall–Kier alpha value is -2.86. The van der Waals surface area contributed by atoms with Crippen molar-refractivity contribution in [2.24, 2.45) is 5.92 Å². The topological polar surface area (TPSA) is 78.5 Å². The van der Waals surface area contributed by atoms with E-state index >= 15 is 0 Å². The maximum atomic E-state index is 12.7. The Morgan fingerprint density at radius 3 is 2.71 bits per heavy atom. The number of halogens is 1. The van der Waals surface area contributed by atoms with E-state index in [2.05, 4.69) is 10.6 Å². The predicted octanol–water partition coefficient (Wildman–Crippen LogP) is 3.07. The minimum atomic E-state index is -0.285. The number of anilines is 1. The first-order valence-corrected chi connectivity index (χ1v) is 9.66. The fourth-order valence-electron chi connectivity index (χ4n) is 3.69. The fraction of sp³-hybridized carbons (Fsp3) is 0.286. The van der Waals surface area contributed by atoms with Crippen molar-refractivity contribution < 1.29 is 14.4 Å². The van der Waals surface area contributed by atoms with E-state index < -0.39 is 0 Å². The summed E-state index contributed by atoms with van der Waals surface area (Å²) in [5, 5.41) is 6.24. The SMILES string of the molecule is O=C1NCc2ccc(NC(=O)[C@H]3CCCN(C(=O)c4ccc(Cl)cc4)C3)cc21. The first kappa shape index (κ1) is 18.5. The Labute approximate surface area is 167 Å². The largest absolute Gasteiger partial charge is 0.348 e. The van der Waals surface area contributed by atoms with Crippen LogP contribution in [-0.4, -0.2) is 35.7 Å². The second kappa shape index (κ2) is 7.64. The van der Waals surface area contributed by atoms with Crippen molar-refractivity contribution in [1.82, 2.24) is 10.2 Å². The van der Waals surface area contributed by atoms with Gasteiger partial charge >= 0.3 is 0 Å². The summed E-state index contributed by atoms with van der Waals surface area (Å²) in [7, 11) is 0. The number of fused-ring (bicyclic) bond motifs is 1. The summed E-state index contributed by atoms with van der Waals surface area (Å²) in [5.74, 6) is -0.633. The minimum absolute atomic E-state index is 0.0941. The smallest absolute Gasteiger partial charge is 0.253 e. The van der Waals surface area contributed by atoms with Gasteiger partial charge in [0.15, 0.2) is 0 Å². The summed E-state index contributed by atoms with van der Waals surface area (Å²) in [4.78, 5) is 39.0. The monoisotopic (exact) mass is 397 g/mol. The van der Waals surface area contributed by atoms with E-state index in [0.717, 1.165) is 18.4 Å². The number of likely N-dealkylation sites (tertiary alicyclic amines) is 1. The first-order chi connectivity index (χ1) is 13.5. The van der Waals surface area contributed by atoms with Crippen LogP contribution >= 0.6 is 11.6 Å². The summed E-state index contributed by atoms with van der Waals surface area (Å²) in [6, 6.07) is 12.1. The Morgan fingerprint density at radius 1 is 1.14 bits per heavy atom. The average molecular weight is 398 g/mol. The van der Waals surface area contributed by atoms with Crippen LogP contribution in [0, 0.1) is 5.92 Å². The van der Waals surface area contributed by atoms with Gasteiger partial charge in [0, 0.05) is 41.5 Å². The summed E-state index contributed by atoms with van der Waals surface area (Å²) < 4.78 is 0. The summed E-state index contributed by atoms with van der Waals surface area (Å²) >= 11 is 5.89. The standard InChI is InChI=1S/C21H20ClN3O3/c22-16-6-3-13(4-7-16)21(28)25-9-1-2-15(12-25)19(26)24-17-8-5-14-11-23-20(27)18(14)10-17/h3-8,10,15H,1-2,9,11-12H2,(H,23,27)(H,24,26)/t15-/m0/s1. The Morgan fingerprint density at radius 2 is 1.93 bits per heavy atom. The van der Waals surface area contributed by atoms with E-state index in [9.17, 15) is 14.4 Å². The molecule has 2 aliphatic rings. The van der Waals surface area contributed by atoms with Crippen LogP contribution in [0.25, 0.3) is 0 Å². The van der Waals surface area contributed by atoms with Crippen molar-refractivity contribution in [2.75, 3.05) is 18.4 Å². The third-order valence-electron chi connectivity index (χ3n) is 5.23. The van der Waals surface area contributed by atoms with Gasteiger partial charge in [0.1, 0.15) is 0 Å². The fourth-order valence-corrected chi connectivity index (χ4v) is 3.81. The molecule has 6 nitrogen and oxygen atoms in total. The molecule has 0 saturated carbocycles. The summed E-state index contributed by atoms with van der Waals surface area (Å²) in [6.45, 7) is 1.52. The van der Waals surface area contributed by atoms with Crippen molar-refractivity contribution in [3.8, 4) is 0 Å². The zero-order chi connectivity index (χ0) is 19.7. The molecule has 2 heterocycles. The molecule has 2 aromatic carbocycles. The number of rotatable bonds is 3. The molecule has 0 aliphatic carbocycles.